The van der Waals surface area contributed by atoms with Crippen LogP contribution in [0.5, 0.6) is 0 Å². The maximum atomic E-state index is 13.0. The second-order valence-corrected chi connectivity index (χ2v) is 5.45. The summed E-state index contributed by atoms with van der Waals surface area (Å²) in [5.41, 5.74) is -1.25. The molecule has 1 aromatic carbocycles. The molecule has 0 aliphatic carbocycles. The predicted molar refractivity (Wildman–Crippen MR) is 81.3 cm³/mol. The number of aryl methyl sites for hydroxylation is 2. The molecule has 0 unspecified atom stereocenters. The standard InChI is InChI=1S/C15H12ClF3N2O4/c1-7-13(8(2)25-21-7)14(23)24-6-12(22)20-11-4-3-9(16)5-10(11)15(17,18)19/h3-5H,6H2,1-2H3,(H,20,22). The predicted octanol–water partition coefficient (Wildman–Crippen LogP) is 3.76. The molecule has 10 heteroatoms. The summed E-state index contributed by atoms with van der Waals surface area (Å²) in [5, 5.41) is 5.48. The van der Waals surface area contributed by atoms with Gasteiger partial charge in [-0.1, -0.05) is 16.8 Å². The van der Waals surface area contributed by atoms with Crippen LogP contribution in [0.4, 0.5) is 18.9 Å². The number of benzene rings is 1. The molecule has 0 saturated heterocycles. The number of carbonyl (C=O) groups excluding carboxylic acids is 2. The monoisotopic (exact) mass is 376 g/mol. The lowest BCUT2D eigenvalue weighted by atomic mass is 10.1. The van der Waals surface area contributed by atoms with E-state index in [1.54, 1.807) is 0 Å². The second-order valence-electron chi connectivity index (χ2n) is 5.01. The number of alkyl halides is 3. The topological polar surface area (TPSA) is 81.4 Å². The van der Waals surface area contributed by atoms with Crippen LogP contribution in [0.1, 0.15) is 27.4 Å². The zero-order valence-electron chi connectivity index (χ0n) is 13.0. The molecule has 2 aromatic rings. The Hall–Kier alpha value is -2.55. The first kappa shape index (κ1) is 18.8. The number of ether oxygens (including phenoxy) is 1. The van der Waals surface area contributed by atoms with E-state index in [1.165, 1.54) is 19.9 Å². The third-order valence-electron chi connectivity index (χ3n) is 3.13. The third-order valence-corrected chi connectivity index (χ3v) is 3.37. The van der Waals surface area contributed by atoms with Gasteiger partial charge in [0.15, 0.2) is 6.61 Å². The maximum absolute atomic E-state index is 13.0. The summed E-state index contributed by atoms with van der Waals surface area (Å²) < 4.78 is 48.4. The lowest BCUT2D eigenvalue weighted by molar-refractivity contribution is -0.137. The van der Waals surface area contributed by atoms with Gasteiger partial charge in [0, 0.05) is 5.02 Å². The Bertz CT molecular complexity index is 798. The molecular formula is C15H12ClF3N2O4. The van der Waals surface area contributed by atoms with E-state index in [4.69, 9.17) is 20.9 Å². The number of esters is 1. The molecule has 25 heavy (non-hydrogen) atoms. The second kappa shape index (κ2) is 7.14. The minimum absolute atomic E-state index is 0.0651. The van der Waals surface area contributed by atoms with Crippen molar-refractivity contribution in [1.82, 2.24) is 5.16 Å². The van der Waals surface area contributed by atoms with Crippen molar-refractivity contribution in [1.29, 1.82) is 0 Å². The summed E-state index contributed by atoms with van der Waals surface area (Å²) >= 11 is 5.55. The van der Waals surface area contributed by atoms with Crippen LogP contribution >= 0.6 is 11.6 Å². The van der Waals surface area contributed by atoms with Gasteiger partial charge < -0.3 is 14.6 Å². The molecule has 1 amide bonds. The van der Waals surface area contributed by atoms with Crippen LogP contribution in [0.2, 0.25) is 5.02 Å². The highest BCUT2D eigenvalue weighted by Crippen LogP contribution is 2.36. The summed E-state index contributed by atoms with van der Waals surface area (Å²) in [6.45, 7) is 2.22. The smallest absolute Gasteiger partial charge is 0.418 e. The minimum atomic E-state index is -4.71. The van der Waals surface area contributed by atoms with Crippen LogP contribution in [0, 0.1) is 13.8 Å². The minimum Gasteiger partial charge on any atom is -0.452 e. The van der Waals surface area contributed by atoms with E-state index in [0.717, 1.165) is 6.07 Å². The Kier molecular flexibility index (Phi) is 5.36. The summed E-state index contributed by atoms with van der Waals surface area (Å²) in [6, 6.07) is 2.90. The highest BCUT2D eigenvalue weighted by molar-refractivity contribution is 6.30. The molecule has 0 spiro atoms. The fourth-order valence-corrected chi connectivity index (χ4v) is 2.20. The Labute approximate surface area is 144 Å². The van der Waals surface area contributed by atoms with Gasteiger partial charge in [0.1, 0.15) is 11.3 Å². The van der Waals surface area contributed by atoms with E-state index in [-0.39, 0.29) is 22.0 Å². The average molecular weight is 377 g/mol. The van der Waals surface area contributed by atoms with Gasteiger partial charge in [-0.2, -0.15) is 13.2 Å². The van der Waals surface area contributed by atoms with E-state index in [2.05, 4.69) is 5.16 Å². The van der Waals surface area contributed by atoms with Crippen LogP contribution in [-0.4, -0.2) is 23.6 Å². The van der Waals surface area contributed by atoms with Crippen molar-refractivity contribution >= 4 is 29.2 Å². The molecular weight excluding hydrogens is 365 g/mol. The Morgan fingerprint density at radius 2 is 2.00 bits per heavy atom. The third kappa shape index (κ3) is 4.50. The molecule has 0 radical (unpaired) electrons. The number of hydrogen-bond donors (Lipinski definition) is 1. The molecule has 134 valence electrons. The van der Waals surface area contributed by atoms with Gasteiger partial charge in [-0.05, 0) is 32.0 Å². The summed E-state index contributed by atoms with van der Waals surface area (Å²) in [7, 11) is 0. The molecule has 0 fully saturated rings. The van der Waals surface area contributed by atoms with Gasteiger partial charge in [0.25, 0.3) is 5.91 Å². The fraction of sp³-hybridized carbons (Fsp3) is 0.267. The first-order valence-electron chi connectivity index (χ1n) is 6.86. The van der Waals surface area contributed by atoms with Crippen LogP contribution in [-0.2, 0) is 15.7 Å². The molecule has 2 rings (SSSR count). The molecule has 0 saturated carbocycles. The van der Waals surface area contributed by atoms with Crippen molar-refractivity contribution < 1.29 is 32.0 Å². The van der Waals surface area contributed by atoms with Crippen LogP contribution in [0.3, 0.4) is 0 Å². The summed E-state index contributed by atoms with van der Waals surface area (Å²) in [4.78, 5) is 23.7. The van der Waals surface area contributed by atoms with Crippen molar-refractivity contribution in [3.8, 4) is 0 Å². The van der Waals surface area contributed by atoms with Crippen molar-refractivity contribution in [3.05, 3.63) is 45.8 Å². The highest BCUT2D eigenvalue weighted by atomic mass is 35.5. The lowest BCUT2D eigenvalue weighted by Gasteiger charge is -2.14. The van der Waals surface area contributed by atoms with E-state index in [9.17, 15) is 22.8 Å². The fourth-order valence-electron chi connectivity index (χ4n) is 2.02. The maximum Gasteiger partial charge on any atom is 0.418 e. The molecule has 6 nitrogen and oxygen atoms in total. The first-order chi connectivity index (χ1) is 11.6. The lowest BCUT2D eigenvalue weighted by Crippen LogP contribution is -2.23. The molecule has 1 heterocycles. The zero-order chi connectivity index (χ0) is 18.8. The Morgan fingerprint density at radius 1 is 1.32 bits per heavy atom. The van der Waals surface area contributed by atoms with Gasteiger partial charge in [0.2, 0.25) is 0 Å². The number of rotatable bonds is 4. The Morgan fingerprint density at radius 3 is 2.56 bits per heavy atom. The van der Waals surface area contributed by atoms with E-state index in [1.807, 2.05) is 5.32 Å². The quantitative estimate of drug-likeness (QED) is 0.822. The number of halogens is 4. The van der Waals surface area contributed by atoms with Crippen molar-refractivity contribution in [2.24, 2.45) is 0 Å². The molecule has 0 aliphatic rings. The number of anilines is 1. The van der Waals surface area contributed by atoms with Crippen LogP contribution in [0.25, 0.3) is 0 Å². The highest BCUT2D eigenvalue weighted by Gasteiger charge is 2.34. The van der Waals surface area contributed by atoms with E-state index in [0.29, 0.717) is 6.07 Å². The van der Waals surface area contributed by atoms with Crippen molar-refractivity contribution in [2.45, 2.75) is 20.0 Å². The molecule has 1 N–H and O–H groups in total. The summed E-state index contributed by atoms with van der Waals surface area (Å²) in [5.74, 6) is -1.59. The average Bonchev–Trinajstić information content (AvgIpc) is 2.85. The normalized spacial score (nSPS) is 11.3. The van der Waals surface area contributed by atoms with Gasteiger partial charge >= 0.3 is 12.1 Å². The van der Waals surface area contributed by atoms with Crippen molar-refractivity contribution in [3.63, 3.8) is 0 Å². The largest absolute Gasteiger partial charge is 0.452 e. The molecule has 0 aliphatic heterocycles. The number of aromatic nitrogens is 1. The van der Waals surface area contributed by atoms with E-state index >= 15 is 0 Å². The number of carbonyl (C=O) groups is 2. The summed E-state index contributed by atoms with van der Waals surface area (Å²) in [6.07, 6.45) is -4.71. The number of nitrogens with one attached hydrogen (secondary N) is 1. The van der Waals surface area contributed by atoms with Gasteiger partial charge in [-0.25, -0.2) is 4.79 Å². The molecule has 0 atom stereocenters. The van der Waals surface area contributed by atoms with Gasteiger partial charge in [-0.15, -0.1) is 0 Å². The number of nitrogens with zero attached hydrogens (tertiary/aromatic N) is 1. The van der Waals surface area contributed by atoms with Gasteiger partial charge in [-0.3, -0.25) is 4.79 Å². The van der Waals surface area contributed by atoms with Crippen LogP contribution in [0.15, 0.2) is 22.7 Å². The molecule has 1 aromatic heterocycles. The Balaban J connectivity index is 2.05. The molecule has 0 bridgehead atoms. The van der Waals surface area contributed by atoms with Gasteiger partial charge in [0.05, 0.1) is 16.9 Å². The van der Waals surface area contributed by atoms with E-state index < -0.39 is 35.9 Å². The number of amides is 1. The van der Waals surface area contributed by atoms with Crippen molar-refractivity contribution in [2.75, 3.05) is 11.9 Å². The number of hydrogen-bond acceptors (Lipinski definition) is 5. The van der Waals surface area contributed by atoms with Crippen LogP contribution < -0.4 is 5.32 Å². The zero-order valence-corrected chi connectivity index (χ0v) is 13.8. The first-order valence-corrected chi connectivity index (χ1v) is 7.24. The SMILES string of the molecule is Cc1noc(C)c1C(=O)OCC(=O)Nc1ccc(Cl)cc1C(F)(F)F.